The van der Waals surface area contributed by atoms with Crippen LogP contribution in [-0.2, 0) is 4.74 Å². The molecule has 3 saturated heterocycles. The third-order valence-electron chi connectivity index (χ3n) is 10.6. The van der Waals surface area contributed by atoms with E-state index >= 15 is 8.78 Å². The Morgan fingerprint density at radius 3 is 2.68 bits per heavy atom. The van der Waals surface area contributed by atoms with Gasteiger partial charge < -0.3 is 30.2 Å². The predicted octanol–water partition coefficient (Wildman–Crippen LogP) is 4.43. The van der Waals surface area contributed by atoms with Crippen molar-refractivity contribution in [1.29, 1.82) is 0 Å². The summed E-state index contributed by atoms with van der Waals surface area (Å²) in [5, 5.41) is 4.24. The van der Waals surface area contributed by atoms with Crippen LogP contribution in [0, 0.1) is 22.9 Å². The highest BCUT2D eigenvalue weighted by atomic mass is 19.2. The fourth-order valence-corrected chi connectivity index (χ4v) is 8.12. The summed E-state index contributed by atoms with van der Waals surface area (Å²) in [5.41, 5.74) is 6.15. The molecule has 0 unspecified atom stereocenters. The van der Waals surface area contributed by atoms with Crippen molar-refractivity contribution in [2.75, 3.05) is 56.6 Å². The van der Waals surface area contributed by atoms with Crippen LogP contribution in [0.2, 0.25) is 0 Å². The number of ether oxygens (including phenoxy) is 3. The van der Waals surface area contributed by atoms with E-state index in [1.54, 1.807) is 0 Å². The maximum Gasteiger partial charge on any atom is 0.319 e. The number of rotatable bonds is 6. The van der Waals surface area contributed by atoms with Gasteiger partial charge in [-0.3, -0.25) is 4.90 Å². The van der Waals surface area contributed by atoms with Gasteiger partial charge in [0.1, 0.15) is 28.5 Å². The second-order valence-corrected chi connectivity index (χ2v) is 13.9. The average molecular weight is 648 g/mol. The highest BCUT2D eigenvalue weighted by molar-refractivity contribution is 6.03. The minimum atomic E-state index is -1.11. The van der Waals surface area contributed by atoms with E-state index in [1.165, 1.54) is 18.2 Å². The second-order valence-electron chi connectivity index (χ2n) is 13.9. The Morgan fingerprint density at radius 2 is 1.87 bits per heavy atom. The third-order valence-corrected chi connectivity index (χ3v) is 10.6. The lowest BCUT2D eigenvalue weighted by molar-refractivity contribution is 0.0231. The molecule has 4 atom stereocenters. The van der Waals surface area contributed by atoms with E-state index in [1.807, 2.05) is 6.92 Å². The summed E-state index contributed by atoms with van der Waals surface area (Å²) in [4.78, 5) is 18.8. The van der Waals surface area contributed by atoms with Crippen molar-refractivity contribution in [2.45, 2.75) is 56.8 Å². The molecule has 3 N–H and O–H groups in total. The Hall–Kier alpha value is -3.94. The van der Waals surface area contributed by atoms with Crippen LogP contribution >= 0.6 is 0 Å². The van der Waals surface area contributed by atoms with Crippen molar-refractivity contribution in [2.24, 2.45) is 5.41 Å². The van der Waals surface area contributed by atoms with Gasteiger partial charge in [0.05, 0.1) is 25.9 Å². The van der Waals surface area contributed by atoms with Crippen LogP contribution in [-0.4, -0.2) is 90.1 Å². The number of hydrogen-bond acceptors (Lipinski definition) is 10. The van der Waals surface area contributed by atoms with Crippen LogP contribution in [0.15, 0.2) is 24.3 Å². The van der Waals surface area contributed by atoms with Crippen molar-refractivity contribution >= 4 is 33.2 Å². The summed E-state index contributed by atoms with van der Waals surface area (Å²) in [6.45, 7) is 7.13. The van der Waals surface area contributed by atoms with E-state index in [0.29, 0.717) is 29.7 Å². The third kappa shape index (κ3) is 4.84. The van der Waals surface area contributed by atoms with E-state index in [-0.39, 0.29) is 69.4 Å². The fraction of sp³-hybridized carbons (Fsp3) is 0.500. The molecule has 10 nitrogen and oxygen atoms in total. The number of nitrogens with two attached hydrogens (primary N) is 1. The lowest BCUT2D eigenvalue weighted by Gasteiger charge is -2.42. The first kappa shape index (κ1) is 29.2. The SMILES string of the molecule is C[C@@H]1Oc2nc(-c3cc(N)cc4ccc(F)c(F)c34)c(F)c3nc(OCC4(CN5CCOCC5)CC4)nc(c23)N2C[C@H]3CC[C@H](N3)[C@@H]12. The van der Waals surface area contributed by atoms with E-state index in [2.05, 4.69) is 25.1 Å². The largest absolute Gasteiger partial charge is 0.472 e. The number of fused-ring (bicyclic) bond motifs is 6. The molecular formula is C34H36F3N7O3. The lowest BCUT2D eigenvalue weighted by atomic mass is 9.98. The Kier molecular flexibility index (Phi) is 6.71. The minimum Gasteiger partial charge on any atom is -0.472 e. The van der Waals surface area contributed by atoms with Gasteiger partial charge in [-0.25, -0.2) is 18.2 Å². The van der Waals surface area contributed by atoms with Crippen molar-refractivity contribution < 1.29 is 27.4 Å². The number of benzene rings is 2. The first-order valence-electron chi connectivity index (χ1n) is 16.5. The molecule has 47 heavy (non-hydrogen) atoms. The van der Waals surface area contributed by atoms with Crippen molar-refractivity contribution in [3.05, 3.63) is 41.7 Å². The number of morpholine rings is 1. The number of anilines is 2. The molecule has 2 aromatic heterocycles. The maximum absolute atomic E-state index is 17.0. The van der Waals surface area contributed by atoms with E-state index in [4.69, 9.17) is 24.9 Å². The van der Waals surface area contributed by atoms with E-state index in [9.17, 15) is 4.39 Å². The Bertz CT molecular complexity index is 1920. The van der Waals surface area contributed by atoms with E-state index < -0.39 is 17.5 Å². The first-order chi connectivity index (χ1) is 22.8. The van der Waals surface area contributed by atoms with Gasteiger partial charge in [-0.15, -0.1) is 0 Å². The maximum atomic E-state index is 17.0. The smallest absolute Gasteiger partial charge is 0.319 e. The standard InChI is InChI=1S/C34H36F3N7O3/c1-17-30-23-5-3-20(39-23)14-44(30)31-25-29(41-33(42-31)46-16-34(6-7-34)15-43-8-10-45-11-9-43)27(37)28(40-32(25)47-17)21-13-19(38)12-18-2-4-22(35)26(36)24(18)21/h2,4,12-13,17,20,23,30,39H,3,5-11,14-16,38H2,1H3/t17-,20+,23-,30+/m0/s1. The molecule has 1 saturated carbocycles. The predicted molar refractivity (Wildman–Crippen MR) is 170 cm³/mol. The number of nitrogens with zero attached hydrogens (tertiary/aromatic N) is 5. The molecule has 2 bridgehead atoms. The highest BCUT2D eigenvalue weighted by Crippen LogP contribution is 2.48. The van der Waals surface area contributed by atoms with Gasteiger partial charge in [0, 0.05) is 60.3 Å². The summed E-state index contributed by atoms with van der Waals surface area (Å²) in [6, 6.07) is 5.74. The highest BCUT2D eigenvalue weighted by Gasteiger charge is 2.48. The number of piperazine rings is 1. The summed E-state index contributed by atoms with van der Waals surface area (Å²) in [6.07, 6.45) is 3.70. The first-order valence-corrected chi connectivity index (χ1v) is 16.5. The number of aromatic nitrogens is 3. The molecule has 0 amide bonds. The molecule has 0 radical (unpaired) electrons. The molecule has 246 valence electrons. The molecule has 4 aromatic rings. The van der Waals surface area contributed by atoms with Crippen LogP contribution in [0.4, 0.5) is 24.7 Å². The number of nitrogens with one attached hydrogen (secondary N) is 1. The molecular weight excluding hydrogens is 611 g/mol. The summed E-state index contributed by atoms with van der Waals surface area (Å²) in [5.74, 6) is -2.33. The Morgan fingerprint density at radius 1 is 1.04 bits per heavy atom. The van der Waals surface area contributed by atoms with Crippen LogP contribution in [0.1, 0.15) is 32.6 Å². The summed E-state index contributed by atoms with van der Waals surface area (Å²) < 4.78 is 65.3. The van der Waals surface area contributed by atoms with Gasteiger partial charge in [0.15, 0.2) is 17.5 Å². The fourth-order valence-electron chi connectivity index (χ4n) is 8.12. The summed E-state index contributed by atoms with van der Waals surface area (Å²) >= 11 is 0. The quantitative estimate of drug-likeness (QED) is 0.292. The van der Waals surface area contributed by atoms with Crippen LogP contribution in [0.5, 0.6) is 11.9 Å². The van der Waals surface area contributed by atoms with Gasteiger partial charge in [-0.2, -0.15) is 9.97 Å². The average Bonchev–Trinajstić information content (AvgIpc) is 3.76. The topological polar surface area (TPSA) is 111 Å². The van der Waals surface area contributed by atoms with Crippen molar-refractivity contribution in [3.8, 4) is 23.1 Å². The number of halogens is 3. The van der Waals surface area contributed by atoms with Gasteiger partial charge in [-0.1, -0.05) is 6.07 Å². The van der Waals surface area contributed by atoms with E-state index in [0.717, 1.165) is 64.6 Å². The molecule has 13 heteroatoms. The van der Waals surface area contributed by atoms with Crippen molar-refractivity contribution in [1.82, 2.24) is 25.2 Å². The molecule has 6 heterocycles. The molecule has 0 spiro atoms. The molecule has 5 aliphatic rings. The molecule has 4 aliphatic heterocycles. The molecule has 2 aromatic carbocycles. The second kappa shape index (κ2) is 10.8. The Balaban J connectivity index is 1.20. The monoisotopic (exact) mass is 647 g/mol. The zero-order valence-corrected chi connectivity index (χ0v) is 26.1. The number of pyridine rings is 1. The van der Waals surface area contributed by atoms with Gasteiger partial charge in [-0.05, 0) is 56.2 Å². The minimum absolute atomic E-state index is 0.0108. The Labute approximate surface area is 269 Å². The zero-order valence-electron chi connectivity index (χ0n) is 26.1. The number of nitrogen functional groups attached to an aromatic ring is 1. The summed E-state index contributed by atoms with van der Waals surface area (Å²) in [7, 11) is 0. The van der Waals surface area contributed by atoms with Crippen LogP contribution in [0.3, 0.4) is 0 Å². The lowest BCUT2D eigenvalue weighted by Crippen LogP contribution is -2.62. The molecule has 4 fully saturated rings. The van der Waals surface area contributed by atoms with Crippen LogP contribution < -0.4 is 25.4 Å². The van der Waals surface area contributed by atoms with Crippen molar-refractivity contribution in [3.63, 3.8) is 0 Å². The van der Waals surface area contributed by atoms with Crippen LogP contribution in [0.25, 0.3) is 32.9 Å². The van der Waals surface area contributed by atoms with Gasteiger partial charge in [0.25, 0.3) is 0 Å². The van der Waals surface area contributed by atoms with Gasteiger partial charge >= 0.3 is 6.01 Å². The number of hydrogen-bond donors (Lipinski definition) is 2. The normalized spacial score (nSPS) is 26.3. The molecule has 1 aliphatic carbocycles. The molecule has 9 rings (SSSR count). The zero-order chi connectivity index (χ0) is 32.0. The van der Waals surface area contributed by atoms with Gasteiger partial charge in [0.2, 0.25) is 5.88 Å².